The van der Waals surface area contributed by atoms with Crippen molar-refractivity contribution >= 4 is 33.2 Å². The molecular formula is C27H26FN3O4S. The number of anilines is 1. The number of fused-ring (bicyclic) bond motifs is 1. The number of nitrogens with one attached hydrogen (secondary N) is 1. The third-order valence-electron chi connectivity index (χ3n) is 6.47. The number of hydrogen-bond acceptors (Lipinski definition) is 7. The highest BCUT2D eigenvalue weighted by molar-refractivity contribution is 7.19. The quantitative estimate of drug-likeness (QED) is 0.283. The first-order valence-corrected chi connectivity index (χ1v) is 12.6. The van der Waals surface area contributed by atoms with Crippen LogP contribution in [0.5, 0.6) is 11.5 Å². The third kappa shape index (κ3) is 4.70. The SMILES string of the molecule is COc1ccc(F)c2c(CCNc3cc(-c4ccc(C(=O)O)c(OC5CCC5)c4)ncn3)c(C)sc12. The van der Waals surface area contributed by atoms with Crippen molar-refractivity contribution in [1.29, 1.82) is 0 Å². The van der Waals surface area contributed by atoms with Gasteiger partial charge in [0.2, 0.25) is 0 Å². The van der Waals surface area contributed by atoms with Gasteiger partial charge in [0.05, 0.1) is 23.6 Å². The highest BCUT2D eigenvalue weighted by atomic mass is 32.1. The van der Waals surface area contributed by atoms with E-state index in [1.54, 1.807) is 31.4 Å². The number of aromatic carboxylic acids is 1. The Bertz CT molecular complexity index is 1430. The van der Waals surface area contributed by atoms with E-state index in [1.807, 2.05) is 13.0 Å². The normalized spacial score (nSPS) is 13.4. The molecule has 0 unspecified atom stereocenters. The first-order valence-electron chi connectivity index (χ1n) is 11.8. The number of halogens is 1. The van der Waals surface area contributed by atoms with Crippen molar-refractivity contribution in [2.75, 3.05) is 19.0 Å². The van der Waals surface area contributed by atoms with Crippen molar-refractivity contribution in [2.24, 2.45) is 0 Å². The topological polar surface area (TPSA) is 93.6 Å². The molecule has 4 aromatic rings. The van der Waals surface area contributed by atoms with Crippen molar-refractivity contribution < 1.29 is 23.8 Å². The summed E-state index contributed by atoms with van der Waals surface area (Å²) in [7, 11) is 1.59. The van der Waals surface area contributed by atoms with E-state index < -0.39 is 5.97 Å². The number of thiophene rings is 1. The lowest BCUT2D eigenvalue weighted by molar-refractivity contribution is 0.0680. The highest BCUT2D eigenvalue weighted by Crippen LogP contribution is 2.39. The van der Waals surface area contributed by atoms with Gasteiger partial charge in [0.1, 0.15) is 35.0 Å². The molecule has 0 aliphatic heterocycles. The largest absolute Gasteiger partial charge is 0.495 e. The fourth-order valence-electron chi connectivity index (χ4n) is 4.33. The van der Waals surface area contributed by atoms with Crippen LogP contribution in [0.2, 0.25) is 0 Å². The summed E-state index contributed by atoms with van der Waals surface area (Å²) in [6, 6.07) is 9.91. The minimum Gasteiger partial charge on any atom is -0.495 e. The molecule has 2 heterocycles. The number of ether oxygens (including phenoxy) is 2. The van der Waals surface area contributed by atoms with Gasteiger partial charge in [-0.15, -0.1) is 11.3 Å². The molecule has 0 atom stereocenters. The first-order chi connectivity index (χ1) is 17.4. The van der Waals surface area contributed by atoms with E-state index in [0.717, 1.165) is 40.0 Å². The Morgan fingerprint density at radius 3 is 2.75 bits per heavy atom. The minimum atomic E-state index is -1.02. The van der Waals surface area contributed by atoms with Crippen LogP contribution in [0.25, 0.3) is 21.3 Å². The standard InChI is InChI=1S/C27H26FN3O4S/c1-15-18(25-20(28)8-9-22(34-2)26(25)36-15)10-11-29-24-13-21(30-14-31-24)16-6-7-19(27(32)33)23(12-16)35-17-4-3-5-17/h6-9,12-14,17H,3-5,10-11H2,1-2H3,(H,32,33)(H,29,30,31). The van der Waals surface area contributed by atoms with E-state index >= 15 is 0 Å². The van der Waals surface area contributed by atoms with Crippen LogP contribution < -0.4 is 14.8 Å². The maximum Gasteiger partial charge on any atom is 0.339 e. The third-order valence-corrected chi connectivity index (χ3v) is 7.64. The molecule has 2 N–H and O–H groups in total. The summed E-state index contributed by atoms with van der Waals surface area (Å²) in [6.45, 7) is 2.54. The van der Waals surface area contributed by atoms with Crippen LogP contribution in [0.4, 0.5) is 10.2 Å². The Morgan fingerprint density at radius 2 is 2.03 bits per heavy atom. The minimum absolute atomic E-state index is 0.0578. The molecule has 0 amide bonds. The molecule has 2 aromatic heterocycles. The van der Waals surface area contributed by atoms with Gasteiger partial charge in [-0.3, -0.25) is 0 Å². The smallest absolute Gasteiger partial charge is 0.339 e. The molecule has 186 valence electrons. The number of rotatable bonds is 9. The zero-order valence-corrected chi connectivity index (χ0v) is 20.8. The van der Waals surface area contributed by atoms with Crippen LogP contribution in [0.3, 0.4) is 0 Å². The van der Waals surface area contributed by atoms with E-state index in [9.17, 15) is 14.3 Å². The average molecular weight is 508 g/mol. The molecule has 1 fully saturated rings. The molecule has 7 nitrogen and oxygen atoms in total. The molecule has 1 aliphatic rings. The van der Waals surface area contributed by atoms with Gasteiger partial charge in [-0.25, -0.2) is 19.2 Å². The second-order valence-electron chi connectivity index (χ2n) is 8.74. The summed E-state index contributed by atoms with van der Waals surface area (Å²) in [6.07, 6.45) is 5.09. The predicted molar refractivity (Wildman–Crippen MR) is 138 cm³/mol. The van der Waals surface area contributed by atoms with E-state index in [2.05, 4.69) is 15.3 Å². The molecule has 1 aliphatic carbocycles. The predicted octanol–water partition coefficient (Wildman–Crippen LogP) is 6.10. The van der Waals surface area contributed by atoms with Crippen LogP contribution in [0, 0.1) is 12.7 Å². The fraction of sp³-hybridized carbons (Fsp3) is 0.296. The van der Waals surface area contributed by atoms with Crippen LogP contribution in [-0.2, 0) is 6.42 Å². The second kappa shape index (κ2) is 10.1. The summed E-state index contributed by atoms with van der Waals surface area (Å²) in [5, 5.41) is 13.4. The van der Waals surface area contributed by atoms with Gasteiger partial charge >= 0.3 is 5.97 Å². The van der Waals surface area contributed by atoms with Gasteiger partial charge in [-0.1, -0.05) is 6.07 Å². The van der Waals surface area contributed by atoms with Crippen molar-refractivity contribution in [3.63, 3.8) is 0 Å². The van der Waals surface area contributed by atoms with Crippen molar-refractivity contribution in [3.05, 3.63) is 64.5 Å². The fourth-order valence-corrected chi connectivity index (χ4v) is 5.53. The van der Waals surface area contributed by atoms with Gasteiger partial charge in [-0.2, -0.15) is 0 Å². The number of hydrogen-bond donors (Lipinski definition) is 2. The van der Waals surface area contributed by atoms with Gasteiger partial charge in [-0.05, 0) is 62.4 Å². The monoisotopic (exact) mass is 507 g/mol. The maximum atomic E-state index is 14.6. The Morgan fingerprint density at radius 1 is 1.19 bits per heavy atom. The Balaban J connectivity index is 1.33. The molecule has 0 spiro atoms. The molecule has 9 heteroatoms. The number of carboxylic acids is 1. The van der Waals surface area contributed by atoms with E-state index in [0.29, 0.717) is 41.4 Å². The molecular weight excluding hydrogens is 481 g/mol. The summed E-state index contributed by atoms with van der Waals surface area (Å²) in [5.74, 6) is 0.383. The lowest BCUT2D eigenvalue weighted by atomic mass is 9.96. The molecule has 0 radical (unpaired) electrons. The lowest BCUT2D eigenvalue weighted by Gasteiger charge is -2.27. The average Bonchev–Trinajstić information content (AvgIpc) is 3.18. The number of benzene rings is 2. The maximum absolute atomic E-state index is 14.6. The highest BCUT2D eigenvalue weighted by Gasteiger charge is 2.23. The van der Waals surface area contributed by atoms with Crippen molar-refractivity contribution in [2.45, 2.75) is 38.7 Å². The summed E-state index contributed by atoms with van der Waals surface area (Å²) in [5.41, 5.74) is 2.49. The summed E-state index contributed by atoms with van der Waals surface area (Å²) >= 11 is 1.53. The Labute approximate surface area is 211 Å². The summed E-state index contributed by atoms with van der Waals surface area (Å²) < 4.78 is 26.8. The van der Waals surface area contributed by atoms with Crippen LogP contribution in [0.1, 0.15) is 40.1 Å². The van der Waals surface area contributed by atoms with Crippen LogP contribution in [-0.4, -0.2) is 40.8 Å². The number of carbonyl (C=O) groups is 1. The number of aromatic nitrogens is 2. The molecule has 36 heavy (non-hydrogen) atoms. The molecule has 0 saturated heterocycles. The zero-order valence-electron chi connectivity index (χ0n) is 20.0. The number of methoxy groups -OCH3 is 1. The van der Waals surface area contributed by atoms with Gasteiger partial charge in [0.25, 0.3) is 0 Å². The van der Waals surface area contributed by atoms with E-state index in [1.165, 1.54) is 23.7 Å². The van der Waals surface area contributed by atoms with Crippen LogP contribution >= 0.6 is 11.3 Å². The van der Waals surface area contributed by atoms with Crippen LogP contribution in [0.15, 0.2) is 42.7 Å². The van der Waals surface area contributed by atoms with Gasteiger partial charge in [0, 0.05) is 28.4 Å². The molecule has 1 saturated carbocycles. The molecule has 0 bridgehead atoms. The lowest BCUT2D eigenvalue weighted by Crippen LogP contribution is -2.25. The van der Waals surface area contributed by atoms with Gasteiger partial charge in [0.15, 0.2) is 0 Å². The Hall–Kier alpha value is -3.72. The summed E-state index contributed by atoms with van der Waals surface area (Å²) in [4.78, 5) is 21.4. The van der Waals surface area contributed by atoms with Gasteiger partial charge < -0.3 is 19.9 Å². The number of nitrogens with zero attached hydrogens (tertiary/aromatic N) is 2. The van der Waals surface area contributed by atoms with Crippen molar-refractivity contribution in [3.8, 4) is 22.8 Å². The zero-order chi connectivity index (χ0) is 25.2. The van der Waals surface area contributed by atoms with E-state index in [-0.39, 0.29) is 17.5 Å². The molecule has 5 rings (SSSR count). The second-order valence-corrected chi connectivity index (χ2v) is 9.97. The number of aryl methyl sites for hydroxylation is 1. The number of carboxylic acid groups (broad SMARTS) is 1. The van der Waals surface area contributed by atoms with Crippen molar-refractivity contribution in [1.82, 2.24) is 9.97 Å². The Kier molecular flexibility index (Phi) is 6.73. The first kappa shape index (κ1) is 24.0. The van der Waals surface area contributed by atoms with E-state index in [4.69, 9.17) is 9.47 Å². The molecule has 2 aromatic carbocycles.